The van der Waals surface area contributed by atoms with Crippen LogP contribution in [0.15, 0.2) is 65.1 Å². The zero-order valence-electron chi connectivity index (χ0n) is 19.4. The van der Waals surface area contributed by atoms with Crippen molar-refractivity contribution >= 4 is 23.4 Å². The summed E-state index contributed by atoms with van der Waals surface area (Å²) in [6.45, 7) is 2.83. The topological polar surface area (TPSA) is 75.3 Å². The summed E-state index contributed by atoms with van der Waals surface area (Å²) < 4.78 is 62.2. The maximum Gasteiger partial charge on any atom is 0.416 e. The quantitative estimate of drug-likeness (QED) is 0.372. The number of hydrogen-bond donors (Lipinski definition) is 0. The van der Waals surface area contributed by atoms with Crippen LogP contribution in [0.25, 0.3) is 0 Å². The third-order valence-corrected chi connectivity index (χ3v) is 6.49. The fourth-order valence-corrected chi connectivity index (χ4v) is 4.64. The van der Waals surface area contributed by atoms with Crippen molar-refractivity contribution in [3.63, 3.8) is 0 Å². The first-order valence-corrected chi connectivity index (χ1v) is 11.7. The molecular weight excluding hydrogens is 516 g/mol. The second kappa shape index (κ2) is 9.66. The molecule has 1 aromatic heterocycles. The van der Waals surface area contributed by atoms with Gasteiger partial charge in [0, 0.05) is 22.6 Å². The minimum Gasteiger partial charge on any atom is -0.441 e. The van der Waals surface area contributed by atoms with Crippen LogP contribution >= 0.6 is 11.6 Å². The van der Waals surface area contributed by atoms with Gasteiger partial charge in [-0.3, -0.25) is 14.6 Å². The third kappa shape index (κ3) is 5.24. The van der Waals surface area contributed by atoms with E-state index in [1.54, 1.807) is 28.0 Å². The van der Waals surface area contributed by atoms with Gasteiger partial charge in [0.05, 0.1) is 25.2 Å². The van der Waals surface area contributed by atoms with E-state index >= 15 is 0 Å². The summed E-state index contributed by atoms with van der Waals surface area (Å²) in [5.74, 6) is -1.07. The van der Waals surface area contributed by atoms with Gasteiger partial charge in [0.15, 0.2) is 0 Å². The van der Waals surface area contributed by atoms with Gasteiger partial charge in [0.1, 0.15) is 24.0 Å². The normalized spacial score (nSPS) is 21.7. The van der Waals surface area contributed by atoms with Gasteiger partial charge in [0.2, 0.25) is 0 Å². The van der Waals surface area contributed by atoms with E-state index in [-0.39, 0.29) is 18.2 Å². The highest BCUT2D eigenvalue weighted by atomic mass is 35.5. The van der Waals surface area contributed by atoms with E-state index in [1.807, 2.05) is 13.0 Å². The number of nitrogens with zero attached hydrogens (tertiary/aromatic N) is 6. The van der Waals surface area contributed by atoms with E-state index in [4.69, 9.17) is 16.3 Å². The largest absolute Gasteiger partial charge is 0.441 e. The monoisotopic (exact) mass is 536 g/mol. The van der Waals surface area contributed by atoms with Crippen LogP contribution in [0.4, 0.5) is 28.0 Å². The van der Waals surface area contributed by atoms with Crippen molar-refractivity contribution in [1.29, 1.82) is 0 Å². The molecule has 37 heavy (non-hydrogen) atoms. The fraction of sp³-hybridized carbons (Fsp3) is 0.333. The van der Waals surface area contributed by atoms with Gasteiger partial charge in [-0.2, -0.15) is 23.4 Å². The van der Waals surface area contributed by atoms with Crippen molar-refractivity contribution in [2.24, 2.45) is 10.3 Å². The second-order valence-electron chi connectivity index (χ2n) is 8.87. The van der Waals surface area contributed by atoms with Gasteiger partial charge in [-0.05, 0) is 61.0 Å². The first-order valence-electron chi connectivity index (χ1n) is 11.4. The maximum absolute atomic E-state index is 14.4. The van der Waals surface area contributed by atoms with E-state index in [2.05, 4.69) is 15.4 Å². The Morgan fingerprint density at radius 3 is 2.54 bits per heavy atom. The molecule has 1 fully saturated rings. The van der Waals surface area contributed by atoms with Crippen LogP contribution in [0.5, 0.6) is 0 Å². The number of rotatable bonds is 6. The number of amides is 1. The molecule has 0 aliphatic carbocycles. The summed E-state index contributed by atoms with van der Waals surface area (Å²) in [7, 11) is 0. The number of cyclic esters (lactones) is 1. The predicted molar refractivity (Wildman–Crippen MR) is 126 cm³/mol. The zero-order chi connectivity index (χ0) is 26.3. The SMILES string of the molecule is Cc1ccnn1CC1CN(C[C@@H]2OC(=O)N(c3ccc(Cl)cc3)[C@H]2c2cc(F)cc(C(F)(F)F)c2)N=N1. The van der Waals surface area contributed by atoms with Crippen molar-refractivity contribution < 1.29 is 27.1 Å². The molecule has 0 radical (unpaired) electrons. The molecule has 0 spiro atoms. The highest BCUT2D eigenvalue weighted by molar-refractivity contribution is 6.30. The van der Waals surface area contributed by atoms with Gasteiger partial charge in [-0.25, -0.2) is 9.18 Å². The molecule has 13 heteroatoms. The first-order chi connectivity index (χ1) is 17.6. The van der Waals surface area contributed by atoms with E-state index in [1.165, 1.54) is 17.0 Å². The Hall–Kier alpha value is -3.67. The number of alkyl halides is 3. The smallest absolute Gasteiger partial charge is 0.416 e. The third-order valence-electron chi connectivity index (χ3n) is 6.24. The van der Waals surface area contributed by atoms with Crippen LogP contribution in [0.2, 0.25) is 5.02 Å². The summed E-state index contributed by atoms with van der Waals surface area (Å²) in [5.41, 5.74) is 0.0866. The Bertz CT molecular complexity index is 1330. The predicted octanol–water partition coefficient (Wildman–Crippen LogP) is 5.82. The Morgan fingerprint density at radius 1 is 1.11 bits per heavy atom. The minimum atomic E-state index is -4.78. The Labute approximate surface area is 214 Å². The van der Waals surface area contributed by atoms with Crippen LogP contribution < -0.4 is 4.90 Å². The number of anilines is 1. The van der Waals surface area contributed by atoms with Crippen molar-refractivity contribution in [2.45, 2.75) is 37.8 Å². The molecule has 194 valence electrons. The number of ether oxygens (including phenoxy) is 1. The van der Waals surface area contributed by atoms with E-state index in [0.717, 1.165) is 17.8 Å². The molecule has 2 aromatic carbocycles. The lowest BCUT2D eigenvalue weighted by atomic mass is 9.97. The van der Waals surface area contributed by atoms with Crippen LogP contribution in [0.1, 0.15) is 22.9 Å². The van der Waals surface area contributed by atoms with Crippen molar-refractivity contribution in [3.05, 3.63) is 82.4 Å². The van der Waals surface area contributed by atoms with Crippen molar-refractivity contribution in [3.8, 4) is 0 Å². The van der Waals surface area contributed by atoms with Crippen molar-refractivity contribution in [2.75, 3.05) is 18.0 Å². The summed E-state index contributed by atoms with van der Waals surface area (Å²) in [6.07, 6.45) is -4.84. The van der Waals surface area contributed by atoms with E-state index < -0.39 is 35.8 Å². The Kier molecular flexibility index (Phi) is 6.52. The summed E-state index contributed by atoms with van der Waals surface area (Å²) in [5, 5.41) is 14.6. The van der Waals surface area contributed by atoms with Gasteiger partial charge < -0.3 is 4.74 Å². The van der Waals surface area contributed by atoms with Crippen LogP contribution in [0, 0.1) is 12.7 Å². The number of carbonyl (C=O) groups is 1. The fourth-order valence-electron chi connectivity index (χ4n) is 4.51. The molecule has 3 heterocycles. The number of aryl methyl sites for hydroxylation is 1. The van der Waals surface area contributed by atoms with E-state index in [0.29, 0.717) is 29.9 Å². The van der Waals surface area contributed by atoms with Crippen molar-refractivity contribution in [1.82, 2.24) is 14.8 Å². The lowest BCUT2D eigenvalue weighted by Gasteiger charge is -2.27. The minimum absolute atomic E-state index is 0.0381. The molecular formula is C24H21ClF4N6O2. The van der Waals surface area contributed by atoms with Gasteiger partial charge in [-0.15, -0.1) is 0 Å². The highest BCUT2D eigenvalue weighted by Crippen LogP contribution is 2.41. The van der Waals surface area contributed by atoms with Gasteiger partial charge in [0.25, 0.3) is 0 Å². The maximum atomic E-state index is 14.4. The number of aromatic nitrogens is 2. The highest BCUT2D eigenvalue weighted by Gasteiger charge is 2.46. The number of carbonyl (C=O) groups excluding carboxylic acids is 1. The lowest BCUT2D eigenvalue weighted by molar-refractivity contribution is -0.137. The molecule has 8 nitrogen and oxygen atoms in total. The Morgan fingerprint density at radius 2 is 1.86 bits per heavy atom. The molecule has 1 saturated heterocycles. The molecule has 3 aromatic rings. The summed E-state index contributed by atoms with van der Waals surface area (Å²) in [6, 6.07) is 8.98. The molecule has 3 atom stereocenters. The second-order valence-corrected chi connectivity index (χ2v) is 9.31. The summed E-state index contributed by atoms with van der Waals surface area (Å²) in [4.78, 5) is 14.2. The standard InChI is InChI=1S/C24H21ClF4N6O2/c1-14-6-7-30-34(14)12-19-11-33(32-31-19)13-21-22(15-8-16(24(27,28)29)10-18(26)9-15)35(23(36)37-21)20-4-2-17(25)3-5-20/h2-10,19,21-22H,11-13H2,1H3/t19?,21-,22-/m0/s1. The molecule has 5 rings (SSSR count). The number of halogens is 5. The van der Waals surface area contributed by atoms with Crippen LogP contribution in [-0.2, 0) is 17.5 Å². The van der Waals surface area contributed by atoms with Crippen LogP contribution in [-0.4, -0.2) is 46.1 Å². The van der Waals surface area contributed by atoms with Gasteiger partial charge in [-0.1, -0.05) is 16.8 Å². The summed E-state index contributed by atoms with van der Waals surface area (Å²) >= 11 is 5.97. The molecule has 0 N–H and O–H groups in total. The molecule has 1 amide bonds. The molecule has 2 aliphatic rings. The average molecular weight is 537 g/mol. The van der Waals surface area contributed by atoms with Crippen LogP contribution in [0.3, 0.4) is 0 Å². The first kappa shape index (κ1) is 25.0. The van der Waals surface area contributed by atoms with E-state index in [9.17, 15) is 22.4 Å². The molecule has 0 saturated carbocycles. The lowest BCUT2D eigenvalue weighted by Crippen LogP contribution is -2.36. The molecule has 1 unspecified atom stereocenters. The number of hydrogen-bond acceptors (Lipinski definition) is 6. The Balaban J connectivity index is 1.44. The number of benzene rings is 2. The zero-order valence-corrected chi connectivity index (χ0v) is 20.2. The van der Waals surface area contributed by atoms with Gasteiger partial charge >= 0.3 is 12.3 Å². The molecule has 2 aliphatic heterocycles. The average Bonchev–Trinajstić information content (AvgIpc) is 3.53. The molecule has 0 bridgehead atoms.